The van der Waals surface area contributed by atoms with Crippen molar-refractivity contribution < 1.29 is 4.39 Å². The lowest BCUT2D eigenvalue weighted by Gasteiger charge is -2.27. The highest BCUT2D eigenvalue weighted by Crippen LogP contribution is 2.38. The van der Waals surface area contributed by atoms with Gasteiger partial charge in [-0.1, -0.05) is 75.9 Å². The molecule has 2 saturated carbocycles. The first-order chi connectivity index (χ1) is 13.1. The van der Waals surface area contributed by atoms with E-state index in [4.69, 9.17) is 0 Å². The largest absolute Gasteiger partial charge is 0.207 e. The van der Waals surface area contributed by atoms with E-state index in [9.17, 15) is 4.39 Å². The molecule has 0 aromatic heterocycles. The Labute approximate surface area is 164 Å². The molecule has 0 radical (unpaired) electrons. The Hall–Kier alpha value is -1.63. The minimum absolute atomic E-state index is 0.0163. The fourth-order valence-electron chi connectivity index (χ4n) is 5.15. The third-order valence-corrected chi connectivity index (χ3v) is 7.19. The van der Waals surface area contributed by atoms with E-state index in [2.05, 4.69) is 44.2 Å². The van der Waals surface area contributed by atoms with Crippen molar-refractivity contribution in [2.24, 2.45) is 11.8 Å². The number of halogens is 1. The Morgan fingerprint density at radius 3 is 1.70 bits per heavy atom. The summed E-state index contributed by atoms with van der Waals surface area (Å²) in [6, 6.07) is 14.8. The van der Waals surface area contributed by atoms with Crippen LogP contribution in [0.3, 0.4) is 0 Å². The molecule has 1 heteroatoms. The second-order valence-electron chi connectivity index (χ2n) is 9.27. The molecule has 0 N–H and O–H groups in total. The zero-order chi connectivity index (χ0) is 18.8. The van der Waals surface area contributed by atoms with Crippen molar-refractivity contribution in [2.45, 2.75) is 77.0 Å². The monoisotopic (exact) mass is 364 g/mol. The third kappa shape index (κ3) is 4.28. The molecule has 0 bridgehead atoms. The van der Waals surface area contributed by atoms with Gasteiger partial charge in [0.2, 0.25) is 0 Å². The van der Waals surface area contributed by atoms with Crippen molar-refractivity contribution in [3.63, 3.8) is 0 Å². The van der Waals surface area contributed by atoms with E-state index in [1.165, 1.54) is 44.1 Å². The van der Waals surface area contributed by atoms with Crippen molar-refractivity contribution in [2.75, 3.05) is 0 Å². The van der Waals surface area contributed by atoms with Crippen LogP contribution in [0.15, 0.2) is 42.5 Å². The molecule has 4 rings (SSSR count). The van der Waals surface area contributed by atoms with E-state index < -0.39 is 0 Å². The van der Waals surface area contributed by atoms with Gasteiger partial charge >= 0.3 is 0 Å². The van der Waals surface area contributed by atoms with Crippen molar-refractivity contribution in [3.05, 3.63) is 59.4 Å². The van der Waals surface area contributed by atoms with Gasteiger partial charge in [0.15, 0.2) is 0 Å². The van der Waals surface area contributed by atoms with E-state index in [1.54, 1.807) is 6.07 Å². The molecular weight excluding hydrogens is 331 g/mol. The van der Waals surface area contributed by atoms with Crippen molar-refractivity contribution in [1.82, 2.24) is 0 Å². The van der Waals surface area contributed by atoms with Gasteiger partial charge in [-0.2, -0.15) is 0 Å². The molecule has 144 valence electrons. The SMILES string of the molecule is CC1CCC(c2ccc(-c3ccc(C4CCC(C)CC4)c(F)c3)cc2)CC1. The summed E-state index contributed by atoms with van der Waals surface area (Å²) in [5.41, 5.74) is 4.52. The summed E-state index contributed by atoms with van der Waals surface area (Å²) < 4.78 is 14.8. The molecule has 27 heavy (non-hydrogen) atoms. The molecule has 2 aromatic rings. The van der Waals surface area contributed by atoms with Gasteiger partial charge in [0.05, 0.1) is 0 Å². The first kappa shape index (κ1) is 18.7. The maximum absolute atomic E-state index is 14.8. The van der Waals surface area contributed by atoms with Crippen LogP contribution in [0.2, 0.25) is 0 Å². The fraction of sp³-hybridized carbons (Fsp3) is 0.538. The number of benzene rings is 2. The molecule has 0 spiro atoms. The summed E-state index contributed by atoms with van der Waals surface area (Å²) in [6.45, 7) is 4.68. The second kappa shape index (κ2) is 8.17. The molecule has 2 aliphatic rings. The van der Waals surface area contributed by atoms with Gasteiger partial charge < -0.3 is 0 Å². The van der Waals surface area contributed by atoms with Gasteiger partial charge in [0, 0.05) is 0 Å². The first-order valence-electron chi connectivity index (χ1n) is 11.0. The quantitative estimate of drug-likeness (QED) is 0.516. The molecule has 0 unspecified atom stereocenters. The van der Waals surface area contributed by atoms with E-state index >= 15 is 0 Å². The maximum Gasteiger partial charge on any atom is 0.127 e. The smallest absolute Gasteiger partial charge is 0.127 e. The zero-order valence-electron chi connectivity index (χ0n) is 16.9. The van der Waals surface area contributed by atoms with Crippen molar-refractivity contribution in [3.8, 4) is 11.1 Å². The van der Waals surface area contributed by atoms with Gasteiger partial charge in [0.25, 0.3) is 0 Å². The number of hydrogen-bond acceptors (Lipinski definition) is 0. The Morgan fingerprint density at radius 2 is 1.15 bits per heavy atom. The molecule has 0 atom stereocenters. The second-order valence-corrected chi connectivity index (χ2v) is 9.27. The molecule has 0 aliphatic heterocycles. The molecule has 2 fully saturated rings. The summed E-state index contributed by atoms with van der Waals surface area (Å²) in [5, 5.41) is 0. The van der Waals surface area contributed by atoms with E-state index in [0.717, 1.165) is 41.4 Å². The molecular formula is C26H33F. The molecule has 0 heterocycles. The zero-order valence-corrected chi connectivity index (χ0v) is 16.9. The minimum atomic E-state index is -0.0163. The Kier molecular flexibility index (Phi) is 5.66. The Morgan fingerprint density at radius 1 is 0.630 bits per heavy atom. The van der Waals surface area contributed by atoms with Crippen LogP contribution >= 0.6 is 0 Å². The number of hydrogen-bond donors (Lipinski definition) is 0. The van der Waals surface area contributed by atoms with Crippen LogP contribution in [0.5, 0.6) is 0 Å². The van der Waals surface area contributed by atoms with Gasteiger partial charge in [-0.05, 0) is 77.7 Å². The molecule has 2 aromatic carbocycles. The van der Waals surface area contributed by atoms with Gasteiger partial charge in [-0.3, -0.25) is 0 Å². The van der Waals surface area contributed by atoms with Crippen LogP contribution in [0.25, 0.3) is 11.1 Å². The summed E-state index contributed by atoms with van der Waals surface area (Å²) in [5.74, 6) is 2.79. The molecule has 0 amide bonds. The standard InChI is InChI=1S/C26H33F/c1-18-3-7-20(8-4-18)21-11-13-22(14-12-21)24-15-16-25(26(27)17-24)23-9-5-19(2)6-10-23/h11-20,23H,3-10H2,1-2H3. The Bertz CT molecular complexity index is 744. The normalized spacial score (nSPS) is 28.9. The highest BCUT2D eigenvalue weighted by atomic mass is 19.1. The minimum Gasteiger partial charge on any atom is -0.207 e. The van der Waals surface area contributed by atoms with Crippen LogP contribution in [0, 0.1) is 17.7 Å². The van der Waals surface area contributed by atoms with Crippen LogP contribution in [0.4, 0.5) is 4.39 Å². The van der Waals surface area contributed by atoms with Crippen LogP contribution in [-0.4, -0.2) is 0 Å². The Balaban J connectivity index is 1.47. The highest BCUT2D eigenvalue weighted by molar-refractivity contribution is 5.64. The number of rotatable bonds is 3. The molecule has 0 nitrogen and oxygen atoms in total. The average Bonchev–Trinajstić information content (AvgIpc) is 2.69. The predicted octanol–water partition coefficient (Wildman–Crippen LogP) is 8.08. The predicted molar refractivity (Wildman–Crippen MR) is 113 cm³/mol. The van der Waals surface area contributed by atoms with Crippen LogP contribution in [0.1, 0.15) is 88.2 Å². The summed E-state index contributed by atoms with van der Waals surface area (Å²) in [6.07, 6.45) is 10.0. The van der Waals surface area contributed by atoms with Gasteiger partial charge in [-0.25, -0.2) is 4.39 Å². The average molecular weight is 365 g/mol. The summed E-state index contributed by atoms with van der Waals surface area (Å²) in [7, 11) is 0. The van der Waals surface area contributed by atoms with E-state index in [0.29, 0.717) is 11.8 Å². The lowest BCUT2D eigenvalue weighted by atomic mass is 9.78. The third-order valence-electron chi connectivity index (χ3n) is 7.19. The topological polar surface area (TPSA) is 0 Å². The van der Waals surface area contributed by atoms with E-state index in [-0.39, 0.29) is 5.82 Å². The summed E-state index contributed by atoms with van der Waals surface area (Å²) >= 11 is 0. The summed E-state index contributed by atoms with van der Waals surface area (Å²) in [4.78, 5) is 0. The van der Waals surface area contributed by atoms with Crippen LogP contribution in [-0.2, 0) is 0 Å². The van der Waals surface area contributed by atoms with Crippen molar-refractivity contribution >= 4 is 0 Å². The van der Waals surface area contributed by atoms with Crippen molar-refractivity contribution in [1.29, 1.82) is 0 Å². The maximum atomic E-state index is 14.8. The van der Waals surface area contributed by atoms with E-state index in [1.807, 2.05) is 6.07 Å². The van der Waals surface area contributed by atoms with Gasteiger partial charge in [0.1, 0.15) is 5.82 Å². The first-order valence-corrected chi connectivity index (χ1v) is 11.0. The lowest BCUT2D eigenvalue weighted by Crippen LogP contribution is -2.12. The fourth-order valence-corrected chi connectivity index (χ4v) is 5.15. The highest BCUT2D eigenvalue weighted by Gasteiger charge is 2.23. The lowest BCUT2D eigenvalue weighted by molar-refractivity contribution is 0.342. The molecule has 0 saturated heterocycles. The van der Waals surface area contributed by atoms with Gasteiger partial charge in [-0.15, -0.1) is 0 Å². The van der Waals surface area contributed by atoms with Crippen LogP contribution < -0.4 is 0 Å². The molecule has 2 aliphatic carbocycles.